The second kappa shape index (κ2) is 6.81. The lowest BCUT2D eigenvalue weighted by Crippen LogP contribution is -2.15. The number of carbonyl (C=O) groups is 1. The van der Waals surface area contributed by atoms with Crippen LogP contribution in [0.25, 0.3) is 0 Å². The van der Waals surface area contributed by atoms with Gasteiger partial charge in [-0.05, 0) is 12.1 Å². The predicted octanol–water partition coefficient (Wildman–Crippen LogP) is 0.606. The molecule has 5 nitrogen and oxygen atoms in total. The molecule has 0 spiro atoms. The average molecular weight is 224 g/mol. The minimum Gasteiger partial charge on any atom is -0.397 e. The van der Waals surface area contributed by atoms with Gasteiger partial charge in [-0.15, -0.1) is 0 Å². The number of anilines is 2. The molecule has 0 heterocycles. The molecule has 1 aromatic carbocycles. The van der Waals surface area contributed by atoms with Gasteiger partial charge in [-0.1, -0.05) is 12.1 Å². The van der Waals surface area contributed by atoms with Gasteiger partial charge in [0.1, 0.15) is 0 Å². The van der Waals surface area contributed by atoms with Gasteiger partial charge >= 0.3 is 0 Å². The largest absolute Gasteiger partial charge is 0.397 e. The second-order valence-electron chi connectivity index (χ2n) is 3.22. The van der Waals surface area contributed by atoms with Gasteiger partial charge in [0, 0.05) is 0 Å². The van der Waals surface area contributed by atoms with E-state index in [1.807, 2.05) is 0 Å². The fraction of sp³-hybridized carbons (Fsp3) is 0.364. The van der Waals surface area contributed by atoms with Crippen molar-refractivity contribution >= 4 is 17.3 Å². The maximum atomic E-state index is 11.4. The number of ether oxygens (including phenoxy) is 1. The summed E-state index contributed by atoms with van der Waals surface area (Å²) in [5, 5.41) is 11.1. The Bertz CT molecular complexity index is 342. The van der Waals surface area contributed by atoms with E-state index in [-0.39, 0.29) is 25.5 Å². The minimum atomic E-state index is -0.157. The lowest BCUT2D eigenvalue weighted by Gasteiger charge is -2.07. The summed E-state index contributed by atoms with van der Waals surface area (Å²) in [6.45, 7) is 0.507. The van der Waals surface area contributed by atoms with E-state index in [2.05, 4.69) is 5.32 Å². The topological polar surface area (TPSA) is 84.6 Å². The van der Waals surface area contributed by atoms with Crippen molar-refractivity contribution in [1.29, 1.82) is 0 Å². The van der Waals surface area contributed by atoms with E-state index in [1.54, 1.807) is 24.3 Å². The van der Waals surface area contributed by atoms with Crippen molar-refractivity contribution in [1.82, 2.24) is 0 Å². The number of hydrogen-bond donors (Lipinski definition) is 3. The van der Waals surface area contributed by atoms with Gasteiger partial charge in [0.15, 0.2) is 0 Å². The molecule has 0 saturated carbocycles. The number of hydrogen-bond acceptors (Lipinski definition) is 4. The fourth-order valence-corrected chi connectivity index (χ4v) is 1.16. The van der Waals surface area contributed by atoms with Crippen LogP contribution in [0.5, 0.6) is 0 Å². The third kappa shape index (κ3) is 4.29. The zero-order chi connectivity index (χ0) is 11.8. The molecule has 0 bridgehead atoms. The Morgan fingerprint density at radius 3 is 2.81 bits per heavy atom. The molecule has 16 heavy (non-hydrogen) atoms. The standard InChI is InChI=1S/C11H16N2O3/c12-9-3-1-2-4-10(9)13-11(15)5-7-16-8-6-14/h1-4,14H,5-8,12H2,(H,13,15). The molecular formula is C11H16N2O3. The van der Waals surface area contributed by atoms with Crippen molar-refractivity contribution in [3.05, 3.63) is 24.3 Å². The maximum Gasteiger partial charge on any atom is 0.226 e. The number of benzene rings is 1. The Kier molecular flexibility index (Phi) is 5.31. The molecule has 0 saturated heterocycles. The first-order chi connectivity index (χ1) is 7.74. The van der Waals surface area contributed by atoms with Crippen LogP contribution < -0.4 is 11.1 Å². The number of nitrogen functional groups attached to an aromatic ring is 1. The fourth-order valence-electron chi connectivity index (χ4n) is 1.16. The summed E-state index contributed by atoms with van der Waals surface area (Å²) in [5.41, 5.74) is 6.81. The number of nitrogens with two attached hydrogens (primary N) is 1. The van der Waals surface area contributed by atoms with Crippen LogP contribution >= 0.6 is 0 Å². The van der Waals surface area contributed by atoms with Crippen LogP contribution in [0.4, 0.5) is 11.4 Å². The van der Waals surface area contributed by atoms with E-state index in [9.17, 15) is 4.79 Å². The zero-order valence-electron chi connectivity index (χ0n) is 8.98. The highest BCUT2D eigenvalue weighted by molar-refractivity contribution is 5.93. The van der Waals surface area contributed by atoms with E-state index >= 15 is 0 Å². The Morgan fingerprint density at radius 2 is 2.12 bits per heavy atom. The van der Waals surface area contributed by atoms with Gasteiger partial charge in [-0.25, -0.2) is 0 Å². The van der Waals surface area contributed by atoms with Gasteiger partial charge in [-0.3, -0.25) is 4.79 Å². The molecule has 1 amide bonds. The van der Waals surface area contributed by atoms with E-state index in [4.69, 9.17) is 15.6 Å². The molecule has 0 radical (unpaired) electrons. The molecule has 0 atom stereocenters. The van der Waals surface area contributed by atoms with E-state index < -0.39 is 0 Å². The highest BCUT2D eigenvalue weighted by Crippen LogP contribution is 2.16. The predicted molar refractivity (Wildman–Crippen MR) is 62.0 cm³/mol. The third-order valence-electron chi connectivity index (χ3n) is 1.94. The Labute approximate surface area is 94.2 Å². The third-order valence-corrected chi connectivity index (χ3v) is 1.94. The molecule has 0 aliphatic rings. The van der Waals surface area contributed by atoms with Crippen molar-refractivity contribution in [2.45, 2.75) is 6.42 Å². The summed E-state index contributed by atoms with van der Waals surface area (Å²) in [4.78, 5) is 11.4. The Morgan fingerprint density at radius 1 is 1.38 bits per heavy atom. The summed E-state index contributed by atoms with van der Waals surface area (Å²) in [6.07, 6.45) is 0.244. The quantitative estimate of drug-likeness (QED) is 0.488. The SMILES string of the molecule is Nc1ccccc1NC(=O)CCOCCO. The van der Waals surface area contributed by atoms with Crippen molar-refractivity contribution in [2.75, 3.05) is 30.9 Å². The monoisotopic (exact) mass is 224 g/mol. The Hall–Kier alpha value is -1.59. The van der Waals surface area contributed by atoms with Crippen LogP contribution in [0, 0.1) is 0 Å². The van der Waals surface area contributed by atoms with Gasteiger partial charge in [0.05, 0.1) is 37.6 Å². The molecule has 0 fully saturated rings. The molecule has 1 aromatic rings. The van der Waals surface area contributed by atoms with Crippen LogP contribution in [-0.4, -0.2) is 30.8 Å². The van der Waals surface area contributed by atoms with Crippen molar-refractivity contribution in [2.24, 2.45) is 0 Å². The van der Waals surface area contributed by atoms with Crippen molar-refractivity contribution < 1.29 is 14.6 Å². The van der Waals surface area contributed by atoms with Crippen LogP contribution in [-0.2, 0) is 9.53 Å². The normalized spacial score (nSPS) is 10.1. The molecule has 88 valence electrons. The van der Waals surface area contributed by atoms with Gasteiger partial charge in [0.2, 0.25) is 5.91 Å². The molecule has 5 heteroatoms. The Balaban J connectivity index is 2.32. The van der Waals surface area contributed by atoms with E-state index in [1.165, 1.54) is 0 Å². The van der Waals surface area contributed by atoms with Crippen LogP contribution in [0.15, 0.2) is 24.3 Å². The summed E-state index contributed by atoms with van der Waals surface area (Å²) >= 11 is 0. The molecule has 4 N–H and O–H groups in total. The summed E-state index contributed by atoms with van der Waals surface area (Å²) in [6, 6.07) is 7.06. The minimum absolute atomic E-state index is 0.0345. The molecule has 0 unspecified atom stereocenters. The highest BCUT2D eigenvalue weighted by Gasteiger charge is 2.04. The van der Waals surface area contributed by atoms with E-state index in [0.29, 0.717) is 18.0 Å². The molecule has 1 rings (SSSR count). The molecular weight excluding hydrogens is 208 g/mol. The zero-order valence-corrected chi connectivity index (χ0v) is 8.98. The van der Waals surface area contributed by atoms with Crippen molar-refractivity contribution in [3.63, 3.8) is 0 Å². The highest BCUT2D eigenvalue weighted by atomic mass is 16.5. The maximum absolute atomic E-state index is 11.4. The average Bonchev–Trinajstić information content (AvgIpc) is 2.28. The number of aliphatic hydroxyl groups is 1. The lowest BCUT2D eigenvalue weighted by atomic mass is 10.2. The first-order valence-corrected chi connectivity index (χ1v) is 5.07. The van der Waals surface area contributed by atoms with Crippen LogP contribution in [0.3, 0.4) is 0 Å². The number of carbonyl (C=O) groups excluding carboxylic acids is 1. The summed E-state index contributed by atoms with van der Waals surface area (Å²) in [7, 11) is 0. The summed E-state index contributed by atoms with van der Waals surface area (Å²) in [5.74, 6) is -0.157. The summed E-state index contributed by atoms with van der Waals surface area (Å²) < 4.78 is 4.98. The molecule has 0 aromatic heterocycles. The van der Waals surface area contributed by atoms with Crippen LogP contribution in [0.2, 0.25) is 0 Å². The van der Waals surface area contributed by atoms with E-state index in [0.717, 1.165) is 0 Å². The number of aliphatic hydroxyl groups excluding tert-OH is 1. The van der Waals surface area contributed by atoms with Gasteiger partial charge < -0.3 is 20.9 Å². The first-order valence-electron chi connectivity index (χ1n) is 5.07. The number of amides is 1. The molecule has 0 aliphatic carbocycles. The van der Waals surface area contributed by atoms with Gasteiger partial charge in [-0.2, -0.15) is 0 Å². The van der Waals surface area contributed by atoms with Crippen molar-refractivity contribution in [3.8, 4) is 0 Å². The first kappa shape index (κ1) is 12.5. The number of para-hydroxylation sites is 2. The van der Waals surface area contributed by atoms with Crippen LogP contribution in [0.1, 0.15) is 6.42 Å². The second-order valence-corrected chi connectivity index (χ2v) is 3.22. The lowest BCUT2D eigenvalue weighted by molar-refractivity contribution is -0.117. The van der Waals surface area contributed by atoms with Gasteiger partial charge in [0.25, 0.3) is 0 Å². The number of rotatable bonds is 6. The molecule has 0 aliphatic heterocycles. The number of nitrogens with one attached hydrogen (secondary N) is 1. The smallest absolute Gasteiger partial charge is 0.226 e.